The molecule has 0 aromatic heterocycles. The minimum Gasteiger partial charge on any atom is -0.396 e. The van der Waals surface area contributed by atoms with Gasteiger partial charge in [-0.2, -0.15) is 26.3 Å². The Morgan fingerprint density at radius 2 is 1.45 bits per heavy atom. The van der Waals surface area contributed by atoms with Crippen molar-refractivity contribution in [3.05, 3.63) is 0 Å². The van der Waals surface area contributed by atoms with Gasteiger partial charge in [-0.3, -0.25) is 4.79 Å². The Labute approximate surface area is 112 Å². The highest BCUT2D eigenvalue weighted by Crippen LogP contribution is 2.39. The van der Waals surface area contributed by atoms with Crippen LogP contribution in [0.4, 0.5) is 26.3 Å². The van der Waals surface area contributed by atoms with E-state index in [9.17, 15) is 31.1 Å². The molecule has 1 amide bonds. The topological polar surface area (TPSA) is 49.3 Å². The van der Waals surface area contributed by atoms with Gasteiger partial charge in [-0.05, 0) is 12.8 Å². The van der Waals surface area contributed by atoms with Crippen LogP contribution in [0.3, 0.4) is 0 Å². The molecule has 0 heterocycles. The molecule has 120 valence electrons. The predicted octanol–water partition coefficient (Wildman–Crippen LogP) is 2.64. The first kappa shape index (κ1) is 19.0. The first-order valence-electron chi connectivity index (χ1n) is 5.95. The summed E-state index contributed by atoms with van der Waals surface area (Å²) in [6.45, 7) is 2.36. The van der Waals surface area contributed by atoms with Gasteiger partial charge in [0.15, 0.2) is 0 Å². The zero-order chi connectivity index (χ0) is 16.2. The minimum absolute atomic E-state index is 0.309. The molecule has 0 saturated heterocycles. The molecule has 0 saturated carbocycles. The smallest absolute Gasteiger partial charge is 0.396 e. The normalized spacial score (nSPS) is 13.7. The van der Waals surface area contributed by atoms with E-state index in [0.29, 0.717) is 12.8 Å². The fraction of sp³-hybridized carbons (Fsp3) is 0.909. The average molecular weight is 309 g/mol. The van der Waals surface area contributed by atoms with Gasteiger partial charge in [0.2, 0.25) is 11.8 Å². The Bertz CT molecular complexity index is 300. The fourth-order valence-corrected chi connectivity index (χ4v) is 1.64. The van der Waals surface area contributed by atoms with Crippen LogP contribution in [0.2, 0.25) is 0 Å². The van der Waals surface area contributed by atoms with Crippen LogP contribution in [0.1, 0.15) is 26.7 Å². The monoisotopic (exact) mass is 309 g/mol. The maximum atomic E-state index is 12.3. The second-order valence-electron chi connectivity index (χ2n) is 4.60. The number of alkyl halides is 6. The number of aliphatic hydroxyl groups excluding tert-OH is 1. The molecule has 2 N–H and O–H groups in total. The number of hydrogen-bond acceptors (Lipinski definition) is 2. The van der Waals surface area contributed by atoms with E-state index in [1.165, 1.54) is 0 Å². The predicted molar refractivity (Wildman–Crippen MR) is 58.7 cm³/mol. The maximum Gasteiger partial charge on any atom is 0.409 e. The summed E-state index contributed by atoms with van der Waals surface area (Å²) in [5, 5.41) is 10.8. The lowest BCUT2D eigenvalue weighted by molar-refractivity contribution is -0.274. The molecule has 0 rings (SSSR count). The van der Waals surface area contributed by atoms with Crippen LogP contribution in [0.25, 0.3) is 0 Å². The summed E-state index contributed by atoms with van der Waals surface area (Å²) in [4.78, 5) is 11.2. The quantitative estimate of drug-likeness (QED) is 0.741. The molecule has 0 aromatic carbocycles. The lowest BCUT2D eigenvalue weighted by Gasteiger charge is -2.31. The van der Waals surface area contributed by atoms with Crippen LogP contribution in [-0.4, -0.2) is 36.5 Å². The van der Waals surface area contributed by atoms with Crippen molar-refractivity contribution >= 4 is 5.91 Å². The second kappa shape index (κ2) is 6.64. The van der Waals surface area contributed by atoms with E-state index in [4.69, 9.17) is 5.11 Å². The van der Waals surface area contributed by atoms with Crippen molar-refractivity contribution in [2.75, 3.05) is 13.2 Å². The number of carbonyl (C=O) groups excluding carboxylic acids is 1. The van der Waals surface area contributed by atoms with Crippen molar-refractivity contribution in [1.82, 2.24) is 5.32 Å². The molecule has 0 aromatic rings. The Hall–Kier alpha value is -0.990. The summed E-state index contributed by atoms with van der Waals surface area (Å²) < 4.78 is 73.8. The maximum absolute atomic E-state index is 12.3. The van der Waals surface area contributed by atoms with Crippen molar-refractivity contribution in [3.8, 4) is 0 Å². The highest BCUT2D eigenvalue weighted by atomic mass is 19.4. The van der Waals surface area contributed by atoms with Gasteiger partial charge in [-0.15, -0.1) is 0 Å². The minimum atomic E-state index is -5.71. The second-order valence-corrected chi connectivity index (χ2v) is 4.60. The number of halogens is 6. The molecular weight excluding hydrogens is 292 g/mol. The molecule has 0 fully saturated rings. The molecule has 3 nitrogen and oxygen atoms in total. The molecule has 9 heteroatoms. The first-order chi connectivity index (χ1) is 8.93. The van der Waals surface area contributed by atoms with E-state index >= 15 is 0 Å². The van der Waals surface area contributed by atoms with Gasteiger partial charge < -0.3 is 10.4 Å². The molecule has 0 aliphatic rings. The van der Waals surface area contributed by atoms with Crippen molar-refractivity contribution in [1.29, 1.82) is 0 Å². The number of hydrogen-bond donors (Lipinski definition) is 2. The first-order valence-corrected chi connectivity index (χ1v) is 5.95. The van der Waals surface area contributed by atoms with Gasteiger partial charge in [0, 0.05) is 12.0 Å². The van der Waals surface area contributed by atoms with Crippen LogP contribution < -0.4 is 5.32 Å². The Morgan fingerprint density at radius 3 is 1.70 bits per heavy atom. The van der Waals surface area contributed by atoms with Gasteiger partial charge >= 0.3 is 12.4 Å². The van der Waals surface area contributed by atoms with Crippen LogP contribution in [0.5, 0.6) is 0 Å². The largest absolute Gasteiger partial charge is 0.409 e. The van der Waals surface area contributed by atoms with Crippen molar-refractivity contribution in [2.45, 2.75) is 39.0 Å². The summed E-state index contributed by atoms with van der Waals surface area (Å²) in [6.07, 6.45) is -10.8. The SMILES string of the molecule is CCC(CC)(CO)CNC(=O)C(C(F)(F)F)C(F)(F)F. The van der Waals surface area contributed by atoms with Crippen LogP contribution in [-0.2, 0) is 4.79 Å². The molecule has 0 unspecified atom stereocenters. The molecule has 0 aliphatic carbocycles. The van der Waals surface area contributed by atoms with Gasteiger partial charge in [0.1, 0.15) is 0 Å². The standard InChI is InChI=1S/C11H17F6NO2/c1-3-9(4-2,6-19)5-18-8(20)7(10(12,13)14)11(15,16)17/h7,19H,3-6H2,1-2H3,(H,18,20). The van der Waals surface area contributed by atoms with Gasteiger partial charge in [-0.25, -0.2) is 0 Å². The van der Waals surface area contributed by atoms with Crippen LogP contribution in [0, 0.1) is 11.3 Å². The van der Waals surface area contributed by atoms with Crippen LogP contribution in [0.15, 0.2) is 0 Å². The molecule has 0 aliphatic heterocycles. The van der Waals surface area contributed by atoms with Gasteiger partial charge in [-0.1, -0.05) is 13.8 Å². The fourth-order valence-electron chi connectivity index (χ4n) is 1.64. The molecule has 0 spiro atoms. The summed E-state index contributed by atoms with van der Waals surface area (Å²) in [7, 11) is 0. The number of nitrogens with one attached hydrogen (secondary N) is 1. The summed E-state index contributed by atoms with van der Waals surface area (Å²) in [5.41, 5.74) is -0.919. The van der Waals surface area contributed by atoms with E-state index < -0.39 is 42.7 Å². The summed E-state index contributed by atoms with van der Waals surface area (Å²) in [6, 6.07) is 0. The molecule has 0 atom stereocenters. The number of rotatable bonds is 6. The third-order valence-electron chi connectivity index (χ3n) is 3.39. The molecule has 0 bridgehead atoms. The van der Waals surface area contributed by atoms with Crippen molar-refractivity contribution in [2.24, 2.45) is 11.3 Å². The molecule has 0 radical (unpaired) electrons. The number of carbonyl (C=O) groups is 1. The van der Waals surface area contributed by atoms with Crippen LogP contribution >= 0.6 is 0 Å². The Kier molecular flexibility index (Phi) is 6.31. The lowest BCUT2D eigenvalue weighted by Crippen LogP contribution is -2.50. The Morgan fingerprint density at radius 1 is 1.05 bits per heavy atom. The highest BCUT2D eigenvalue weighted by Gasteiger charge is 2.61. The third kappa shape index (κ3) is 4.84. The third-order valence-corrected chi connectivity index (χ3v) is 3.39. The lowest BCUT2D eigenvalue weighted by atomic mass is 9.83. The zero-order valence-electron chi connectivity index (χ0n) is 11.0. The van der Waals surface area contributed by atoms with Crippen molar-refractivity contribution in [3.63, 3.8) is 0 Å². The highest BCUT2D eigenvalue weighted by molar-refractivity contribution is 5.80. The Balaban J connectivity index is 4.97. The van der Waals surface area contributed by atoms with E-state index in [-0.39, 0.29) is 0 Å². The number of amides is 1. The molecular formula is C11H17F6NO2. The number of aliphatic hydroxyl groups is 1. The van der Waals surface area contributed by atoms with E-state index in [2.05, 4.69) is 0 Å². The van der Waals surface area contributed by atoms with Crippen molar-refractivity contribution < 1.29 is 36.2 Å². The van der Waals surface area contributed by atoms with E-state index in [1.54, 1.807) is 19.2 Å². The summed E-state index contributed by atoms with van der Waals surface area (Å²) >= 11 is 0. The molecule has 20 heavy (non-hydrogen) atoms. The zero-order valence-corrected chi connectivity index (χ0v) is 11.0. The average Bonchev–Trinajstić information content (AvgIpc) is 2.27. The van der Waals surface area contributed by atoms with Gasteiger partial charge in [0.05, 0.1) is 6.61 Å². The van der Waals surface area contributed by atoms with E-state index in [1.807, 2.05) is 0 Å². The van der Waals surface area contributed by atoms with E-state index in [0.717, 1.165) is 0 Å². The van der Waals surface area contributed by atoms with Gasteiger partial charge in [0.25, 0.3) is 0 Å². The summed E-state index contributed by atoms with van der Waals surface area (Å²) in [5.74, 6) is -6.20.